The molecular weight excluding hydrogens is 432 g/mol. The first-order chi connectivity index (χ1) is 15.4. The highest BCUT2D eigenvalue weighted by Crippen LogP contribution is 2.39. The molecule has 164 valence electrons. The van der Waals surface area contributed by atoms with Crippen molar-refractivity contribution in [3.8, 4) is 17.0 Å². The second-order valence-corrected chi connectivity index (χ2v) is 8.77. The Kier molecular flexibility index (Phi) is 5.33. The number of benzene rings is 2. The Morgan fingerprint density at radius 3 is 2.81 bits per heavy atom. The zero-order valence-electron chi connectivity index (χ0n) is 17.8. The fourth-order valence-electron chi connectivity index (χ4n) is 4.35. The van der Waals surface area contributed by atoms with E-state index in [0.29, 0.717) is 41.7 Å². The predicted octanol–water partition coefficient (Wildman–Crippen LogP) is 5.84. The normalized spacial score (nSPS) is 14.5. The van der Waals surface area contributed by atoms with Crippen LogP contribution in [0, 0.1) is 11.6 Å². The summed E-state index contributed by atoms with van der Waals surface area (Å²) < 4.78 is 35.1. The molecule has 0 spiro atoms. The molecule has 0 radical (unpaired) electrons. The minimum Gasteiger partial charge on any atom is -0.486 e. The maximum atomic E-state index is 14.9. The van der Waals surface area contributed by atoms with Gasteiger partial charge in [0.25, 0.3) is 0 Å². The lowest BCUT2D eigenvalue weighted by atomic mass is 10.0. The highest BCUT2D eigenvalue weighted by molar-refractivity contribution is 6.32. The van der Waals surface area contributed by atoms with Crippen molar-refractivity contribution >= 4 is 23.4 Å². The summed E-state index contributed by atoms with van der Waals surface area (Å²) in [6.07, 6.45) is 6.46. The van der Waals surface area contributed by atoms with Crippen molar-refractivity contribution in [1.82, 2.24) is 9.97 Å². The second-order valence-electron chi connectivity index (χ2n) is 8.36. The molecule has 2 aliphatic rings. The maximum absolute atomic E-state index is 14.9. The molecule has 0 fully saturated rings. The Labute approximate surface area is 190 Å². The number of rotatable bonds is 4. The Morgan fingerprint density at radius 2 is 2.00 bits per heavy atom. The summed E-state index contributed by atoms with van der Waals surface area (Å²) in [5, 5.41) is 0.680. The van der Waals surface area contributed by atoms with Crippen molar-refractivity contribution in [2.45, 2.75) is 32.7 Å². The molecule has 0 saturated carbocycles. The quantitative estimate of drug-likeness (QED) is 0.497. The molecule has 1 aromatic heterocycles. The average molecular weight is 454 g/mol. The third-order valence-electron chi connectivity index (χ3n) is 5.86. The van der Waals surface area contributed by atoms with Crippen molar-refractivity contribution in [3.05, 3.63) is 75.7 Å². The molecule has 1 aliphatic heterocycles. The number of hydrogen-bond acceptors (Lipinski definition) is 4. The average Bonchev–Trinajstić information content (AvgIpc) is 3.24. The SMILES string of the molecule is CC(C)N1CCOc2c(F)cc(-c3nc(Cc4cc(Cl)c5c(c4)CC=C5)ncc3F)cc21. The van der Waals surface area contributed by atoms with Crippen molar-refractivity contribution in [2.24, 2.45) is 0 Å². The number of ether oxygens (including phenoxy) is 1. The van der Waals surface area contributed by atoms with E-state index in [1.165, 1.54) is 6.07 Å². The molecule has 2 aromatic carbocycles. The van der Waals surface area contributed by atoms with Gasteiger partial charge >= 0.3 is 0 Å². The van der Waals surface area contributed by atoms with Crippen molar-refractivity contribution < 1.29 is 13.5 Å². The molecule has 4 nitrogen and oxygen atoms in total. The lowest BCUT2D eigenvalue weighted by Crippen LogP contribution is -2.38. The summed E-state index contributed by atoms with van der Waals surface area (Å²) in [5.41, 5.74) is 4.18. The van der Waals surface area contributed by atoms with Crippen molar-refractivity contribution in [3.63, 3.8) is 0 Å². The minimum atomic E-state index is -0.600. The third kappa shape index (κ3) is 3.73. The van der Waals surface area contributed by atoms with Crippen molar-refractivity contribution in [1.29, 1.82) is 0 Å². The standard InChI is InChI=1S/C25H22ClF2N3O/c1-14(2)31-6-7-32-25-20(27)11-17(12-22(25)31)24-21(28)13-29-23(30-24)10-15-8-16-4-3-5-18(16)19(26)9-15/h3,5,8-9,11-14H,4,6-7,10H2,1-2H3. The Hall–Kier alpha value is -2.99. The first-order valence-corrected chi connectivity index (χ1v) is 11.0. The van der Waals surface area contributed by atoms with E-state index in [0.717, 1.165) is 29.3 Å². The molecule has 1 aliphatic carbocycles. The number of allylic oxidation sites excluding steroid dienone is 1. The van der Waals surface area contributed by atoms with Crippen LogP contribution in [0.4, 0.5) is 14.5 Å². The first kappa shape index (κ1) is 20.9. The van der Waals surface area contributed by atoms with Gasteiger partial charge in [0.05, 0.1) is 18.4 Å². The van der Waals surface area contributed by atoms with Gasteiger partial charge in [-0.1, -0.05) is 29.8 Å². The van der Waals surface area contributed by atoms with Crippen LogP contribution in [0.1, 0.15) is 36.4 Å². The first-order valence-electron chi connectivity index (χ1n) is 10.6. The van der Waals surface area contributed by atoms with Gasteiger partial charge in [0.2, 0.25) is 0 Å². The molecule has 0 atom stereocenters. The van der Waals surface area contributed by atoms with Crippen LogP contribution in [-0.4, -0.2) is 29.2 Å². The lowest BCUT2D eigenvalue weighted by molar-refractivity contribution is 0.287. The van der Waals surface area contributed by atoms with E-state index in [1.54, 1.807) is 6.07 Å². The van der Waals surface area contributed by atoms with E-state index in [2.05, 4.69) is 22.1 Å². The van der Waals surface area contributed by atoms with Crippen LogP contribution in [0.25, 0.3) is 17.3 Å². The Morgan fingerprint density at radius 1 is 1.16 bits per heavy atom. The van der Waals surface area contributed by atoms with Crippen LogP contribution in [-0.2, 0) is 12.8 Å². The molecule has 0 unspecified atom stereocenters. The van der Waals surface area contributed by atoms with Gasteiger partial charge in [-0.3, -0.25) is 0 Å². The molecule has 0 amide bonds. The number of halogens is 3. The second kappa shape index (κ2) is 8.17. The fourth-order valence-corrected chi connectivity index (χ4v) is 4.67. The topological polar surface area (TPSA) is 38.2 Å². The van der Waals surface area contributed by atoms with E-state index >= 15 is 0 Å². The molecule has 5 rings (SSSR count). The zero-order chi connectivity index (χ0) is 22.4. The highest BCUT2D eigenvalue weighted by Gasteiger charge is 2.25. The van der Waals surface area contributed by atoms with Gasteiger partial charge in [-0.05, 0) is 55.2 Å². The van der Waals surface area contributed by atoms with E-state index in [9.17, 15) is 8.78 Å². The molecular formula is C25H22ClF2N3O. The third-order valence-corrected chi connectivity index (χ3v) is 6.18. The van der Waals surface area contributed by atoms with E-state index in [1.807, 2.05) is 30.9 Å². The molecule has 32 heavy (non-hydrogen) atoms. The minimum absolute atomic E-state index is 0.0694. The van der Waals surface area contributed by atoms with Crippen LogP contribution in [0.2, 0.25) is 5.02 Å². The van der Waals surface area contributed by atoms with Crippen LogP contribution >= 0.6 is 11.6 Å². The molecule has 7 heteroatoms. The summed E-state index contributed by atoms with van der Waals surface area (Å²) in [5.74, 6) is -0.485. The van der Waals surface area contributed by atoms with E-state index in [-0.39, 0.29) is 17.5 Å². The van der Waals surface area contributed by atoms with Gasteiger partial charge in [0, 0.05) is 23.0 Å². The van der Waals surface area contributed by atoms with Crippen LogP contribution in [0.15, 0.2) is 36.5 Å². The summed E-state index contributed by atoms with van der Waals surface area (Å²) in [6.45, 7) is 5.10. The maximum Gasteiger partial charge on any atom is 0.178 e. The monoisotopic (exact) mass is 453 g/mol. The van der Waals surface area contributed by atoms with Gasteiger partial charge in [-0.25, -0.2) is 18.7 Å². The summed E-state index contributed by atoms with van der Waals surface area (Å²) >= 11 is 6.41. The summed E-state index contributed by atoms with van der Waals surface area (Å²) in [4.78, 5) is 10.7. The summed E-state index contributed by atoms with van der Waals surface area (Å²) in [6, 6.07) is 7.13. The molecule has 0 saturated heterocycles. The van der Waals surface area contributed by atoms with Crippen molar-refractivity contribution in [2.75, 3.05) is 18.1 Å². The van der Waals surface area contributed by atoms with Gasteiger partial charge in [0.1, 0.15) is 18.1 Å². The van der Waals surface area contributed by atoms with E-state index in [4.69, 9.17) is 16.3 Å². The predicted molar refractivity (Wildman–Crippen MR) is 122 cm³/mol. The van der Waals surface area contributed by atoms with E-state index < -0.39 is 11.6 Å². The van der Waals surface area contributed by atoms with Gasteiger partial charge in [-0.2, -0.15) is 0 Å². The zero-order valence-corrected chi connectivity index (χ0v) is 18.6. The molecule has 0 bridgehead atoms. The summed E-state index contributed by atoms with van der Waals surface area (Å²) in [7, 11) is 0. The van der Waals surface area contributed by atoms with Crippen LogP contribution in [0.3, 0.4) is 0 Å². The largest absolute Gasteiger partial charge is 0.486 e. The Balaban J connectivity index is 1.52. The number of hydrogen-bond donors (Lipinski definition) is 0. The molecule has 2 heterocycles. The molecule has 0 N–H and O–H groups in total. The van der Waals surface area contributed by atoms with Crippen LogP contribution in [0.5, 0.6) is 5.75 Å². The Bertz CT molecular complexity index is 1240. The number of fused-ring (bicyclic) bond motifs is 2. The fraction of sp³-hybridized carbons (Fsp3) is 0.280. The smallest absolute Gasteiger partial charge is 0.178 e. The molecule has 3 aromatic rings. The van der Waals surface area contributed by atoms with Crippen LogP contribution < -0.4 is 9.64 Å². The number of aromatic nitrogens is 2. The van der Waals surface area contributed by atoms with Gasteiger partial charge in [0.15, 0.2) is 17.4 Å². The number of nitrogens with zero attached hydrogens (tertiary/aromatic N) is 3. The highest BCUT2D eigenvalue weighted by atomic mass is 35.5. The van der Waals surface area contributed by atoms with Gasteiger partial charge in [-0.15, -0.1) is 0 Å². The lowest BCUT2D eigenvalue weighted by Gasteiger charge is -2.34. The van der Waals surface area contributed by atoms with Gasteiger partial charge < -0.3 is 9.64 Å². The number of anilines is 1.